The Morgan fingerprint density at radius 1 is 1.20 bits per heavy atom. The van der Waals surface area contributed by atoms with Gasteiger partial charge in [-0.2, -0.15) is 4.80 Å². The second kappa shape index (κ2) is 8.94. The van der Waals surface area contributed by atoms with Gasteiger partial charge in [0.1, 0.15) is 12.3 Å². The second-order valence-corrected chi connectivity index (χ2v) is 7.53. The zero-order valence-electron chi connectivity index (χ0n) is 17.3. The Kier molecular flexibility index (Phi) is 5.92. The summed E-state index contributed by atoms with van der Waals surface area (Å²) in [5, 5.41) is 15.5. The minimum atomic E-state index is -0.116. The summed E-state index contributed by atoms with van der Waals surface area (Å²) in [7, 11) is 1.68. The van der Waals surface area contributed by atoms with Gasteiger partial charge in [-0.3, -0.25) is 4.79 Å². The Morgan fingerprint density at radius 2 is 2.00 bits per heavy atom. The van der Waals surface area contributed by atoms with Crippen molar-refractivity contribution in [3.63, 3.8) is 0 Å². The fourth-order valence-corrected chi connectivity index (χ4v) is 3.73. The van der Waals surface area contributed by atoms with E-state index in [4.69, 9.17) is 4.74 Å². The number of nitrogens with one attached hydrogen (secondary N) is 1. The molecule has 0 spiro atoms. The van der Waals surface area contributed by atoms with Crippen LogP contribution in [0.5, 0.6) is 5.75 Å². The molecular formula is C22H26N6O2. The van der Waals surface area contributed by atoms with Crippen LogP contribution in [-0.4, -0.2) is 52.4 Å². The minimum absolute atomic E-state index is 0.0457. The van der Waals surface area contributed by atoms with E-state index in [-0.39, 0.29) is 18.5 Å². The monoisotopic (exact) mass is 406 g/mol. The molecule has 2 heterocycles. The molecule has 156 valence electrons. The summed E-state index contributed by atoms with van der Waals surface area (Å²) < 4.78 is 5.48. The molecule has 1 atom stereocenters. The zero-order chi connectivity index (χ0) is 20.9. The van der Waals surface area contributed by atoms with E-state index in [9.17, 15) is 4.79 Å². The lowest BCUT2D eigenvalue weighted by Gasteiger charge is -2.35. The largest absolute Gasteiger partial charge is 0.495 e. The number of tetrazole rings is 1. The predicted molar refractivity (Wildman–Crippen MR) is 114 cm³/mol. The number of benzene rings is 2. The highest BCUT2D eigenvalue weighted by molar-refractivity contribution is 5.76. The van der Waals surface area contributed by atoms with Crippen LogP contribution in [-0.2, 0) is 11.3 Å². The van der Waals surface area contributed by atoms with Crippen LogP contribution in [0.4, 0.5) is 5.69 Å². The van der Waals surface area contributed by atoms with E-state index in [0.29, 0.717) is 5.82 Å². The average Bonchev–Trinajstić information content (AvgIpc) is 3.22. The van der Waals surface area contributed by atoms with Crippen LogP contribution in [0.3, 0.4) is 0 Å². The van der Waals surface area contributed by atoms with Crippen molar-refractivity contribution in [1.82, 2.24) is 25.5 Å². The summed E-state index contributed by atoms with van der Waals surface area (Å²) in [6, 6.07) is 15.9. The van der Waals surface area contributed by atoms with Crippen LogP contribution >= 0.6 is 0 Å². The van der Waals surface area contributed by atoms with Crippen molar-refractivity contribution in [1.29, 1.82) is 0 Å². The molecule has 1 saturated heterocycles. The van der Waals surface area contributed by atoms with Crippen molar-refractivity contribution in [2.24, 2.45) is 0 Å². The third kappa shape index (κ3) is 4.59. The molecule has 0 saturated carbocycles. The number of carbonyl (C=O) groups is 1. The van der Waals surface area contributed by atoms with Crippen LogP contribution in [0.2, 0.25) is 0 Å². The minimum Gasteiger partial charge on any atom is -0.495 e. The number of anilines is 1. The molecule has 30 heavy (non-hydrogen) atoms. The number of aryl methyl sites for hydroxylation is 1. The van der Waals surface area contributed by atoms with Crippen LogP contribution < -0.4 is 15.0 Å². The number of aromatic nitrogens is 4. The first-order valence-electron chi connectivity index (χ1n) is 10.1. The van der Waals surface area contributed by atoms with E-state index in [1.165, 1.54) is 10.4 Å². The maximum absolute atomic E-state index is 12.6. The van der Waals surface area contributed by atoms with Gasteiger partial charge in [0.05, 0.1) is 12.8 Å². The molecule has 4 rings (SSSR count). The van der Waals surface area contributed by atoms with Crippen LogP contribution in [0.25, 0.3) is 11.4 Å². The number of hydrogen-bond donors (Lipinski definition) is 1. The third-order valence-corrected chi connectivity index (χ3v) is 5.26. The molecule has 1 unspecified atom stereocenters. The number of hydrogen-bond acceptors (Lipinski definition) is 6. The first-order valence-corrected chi connectivity index (χ1v) is 10.1. The highest BCUT2D eigenvalue weighted by Crippen LogP contribution is 2.29. The molecule has 1 aromatic heterocycles. The van der Waals surface area contributed by atoms with Gasteiger partial charge in [-0.25, -0.2) is 0 Å². The summed E-state index contributed by atoms with van der Waals surface area (Å²) in [4.78, 5) is 16.2. The van der Waals surface area contributed by atoms with Gasteiger partial charge in [0.15, 0.2) is 0 Å². The topological polar surface area (TPSA) is 85.2 Å². The van der Waals surface area contributed by atoms with Gasteiger partial charge in [-0.15, -0.1) is 10.2 Å². The number of methoxy groups -OCH3 is 1. The van der Waals surface area contributed by atoms with E-state index in [1.807, 2.05) is 49.4 Å². The van der Waals surface area contributed by atoms with Crippen molar-refractivity contribution in [3.05, 3.63) is 54.1 Å². The Morgan fingerprint density at radius 3 is 2.80 bits per heavy atom. The number of amides is 1. The van der Waals surface area contributed by atoms with Gasteiger partial charge >= 0.3 is 0 Å². The molecule has 0 bridgehead atoms. The maximum Gasteiger partial charge on any atom is 0.243 e. The SMILES string of the molecule is COc1ccccc1N1CCCC(NC(=O)Cn2nnc(-c3ccc(C)cc3)n2)C1. The van der Waals surface area contributed by atoms with Crippen LogP contribution in [0, 0.1) is 6.92 Å². The van der Waals surface area contributed by atoms with Crippen LogP contribution in [0.1, 0.15) is 18.4 Å². The summed E-state index contributed by atoms with van der Waals surface area (Å²) in [6.45, 7) is 3.76. The van der Waals surface area contributed by atoms with E-state index in [2.05, 4.69) is 31.7 Å². The number of ether oxygens (including phenoxy) is 1. The normalized spacial score (nSPS) is 16.3. The highest BCUT2D eigenvalue weighted by Gasteiger charge is 2.23. The lowest BCUT2D eigenvalue weighted by Crippen LogP contribution is -2.48. The third-order valence-electron chi connectivity index (χ3n) is 5.26. The van der Waals surface area contributed by atoms with E-state index >= 15 is 0 Å². The molecule has 0 radical (unpaired) electrons. The molecule has 0 aliphatic carbocycles. The Labute approximate surface area is 175 Å². The second-order valence-electron chi connectivity index (χ2n) is 7.53. The molecule has 1 aliphatic heterocycles. The van der Waals surface area contributed by atoms with Crippen molar-refractivity contribution < 1.29 is 9.53 Å². The lowest BCUT2D eigenvalue weighted by atomic mass is 10.0. The van der Waals surface area contributed by atoms with Gasteiger partial charge in [0.25, 0.3) is 0 Å². The molecule has 8 nitrogen and oxygen atoms in total. The quantitative estimate of drug-likeness (QED) is 0.677. The smallest absolute Gasteiger partial charge is 0.243 e. The van der Waals surface area contributed by atoms with Crippen LogP contribution in [0.15, 0.2) is 48.5 Å². The lowest BCUT2D eigenvalue weighted by molar-refractivity contribution is -0.122. The predicted octanol–water partition coefficient (Wildman–Crippen LogP) is 2.44. The molecule has 1 aliphatic rings. The molecule has 2 aromatic carbocycles. The van der Waals surface area contributed by atoms with Crippen molar-refractivity contribution in [2.45, 2.75) is 32.4 Å². The maximum atomic E-state index is 12.6. The molecular weight excluding hydrogens is 380 g/mol. The Balaban J connectivity index is 1.35. The standard InChI is InChI=1S/C22H26N6O2/c1-16-9-11-17(12-10-16)22-24-26-28(25-22)15-21(29)23-18-6-5-13-27(14-18)19-7-3-4-8-20(19)30-2/h3-4,7-12,18H,5-6,13-15H2,1-2H3,(H,23,29). The van der Waals surface area contributed by atoms with Gasteiger partial charge in [0, 0.05) is 24.7 Å². The molecule has 8 heteroatoms. The number of piperidine rings is 1. The summed E-state index contributed by atoms with van der Waals surface area (Å²) in [5.41, 5.74) is 3.10. The number of para-hydroxylation sites is 2. The number of carbonyl (C=O) groups excluding carboxylic acids is 1. The van der Waals surface area contributed by atoms with E-state index in [0.717, 1.165) is 42.9 Å². The number of nitrogens with zero attached hydrogens (tertiary/aromatic N) is 5. The zero-order valence-corrected chi connectivity index (χ0v) is 17.3. The first-order chi connectivity index (χ1) is 14.6. The molecule has 1 N–H and O–H groups in total. The van der Waals surface area contributed by atoms with Gasteiger partial charge < -0.3 is 15.0 Å². The molecule has 3 aromatic rings. The van der Waals surface area contributed by atoms with E-state index < -0.39 is 0 Å². The summed E-state index contributed by atoms with van der Waals surface area (Å²) in [6.07, 6.45) is 1.94. The van der Waals surface area contributed by atoms with Gasteiger partial charge in [-0.05, 0) is 37.1 Å². The summed E-state index contributed by atoms with van der Waals surface area (Å²) in [5.74, 6) is 1.25. The van der Waals surface area contributed by atoms with Crippen molar-refractivity contribution in [2.75, 3.05) is 25.1 Å². The van der Waals surface area contributed by atoms with E-state index in [1.54, 1.807) is 7.11 Å². The fourth-order valence-electron chi connectivity index (χ4n) is 3.73. The van der Waals surface area contributed by atoms with Gasteiger partial charge in [0.2, 0.25) is 11.7 Å². The fraction of sp³-hybridized carbons (Fsp3) is 0.364. The van der Waals surface area contributed by atoms with Crippen molar-refractivity contribution in [3.8, 4) is 17.1 Å². The van der Waals surface area contributed by atoms with Crippen molar-refractivity contribution >= 4 is 11.6 Å². The Bertz CT molecular complexity index is 1000. The number of rotatable bonds is 6. The van der Waals surface area contributed by atoms with Gasteiger partial charge in [-0.1, -0.05) is 42.0 Å². The molecule has 1 fully saturated rings. The first kappa shape index (κ1) is 19.9. The summed E-state index contributed by atoms with van der Waals surface area (Å²) >= 11 is 0. The average molecular weight is 406 g/mol. The Hall–Kier alpha value is -3.42. The molecule has 1 amide bonds. The highest BCUT2D eigenvalue weighted by atomic mass is 16.5.